The number of fused-ring (bicyclic) bond motifs is 1. The highest BCUT2D eigenvalue weighted by Crippen LogP contribution is 2.32. The molecule has 0 radical (unpaired) electrons. The molecule has 0 aromatic carbocycles. The fourth-order valence-electron chi connectivity index (χ4n) is 2.36. The minimum atomic E-state index is 0.696. The monoisotopic (exact) mass is 193 g/mol. The first kappa shape index (κ1) is 9.59. The number of hydrogen-bond donors (Lipinski definition) is 3. The van der Waals surface area contributed by atoms with Crippen molar-refractivity contribution in [1.82, 2.24) is 10.3 Å². The van der Waals surface area contributed by atoms with Crippen molar-refractivity contribution in [2.45, 2.75) is 25.2 Å². The molecule has 1 unspecified atom stereocenters. The van der Waals surface area contributed by atoms with Gasteiger partial charge in [0.2, 0.25) is 0 Å². The van der Waals surface area contributed by atoms with Gasteiger partial charge in [0.15, 0.2) is 0 Å². The van der Waals surface area contributed by atoms with Crippen molar-refractivity contribution in [1.29, 1.82) is 0 Å². The third-order valence-corrected chi connectivity index (χ3v) is 3.07. The Balaban J connectivity index is 2.24. The third kappa shape index (κ3) is 1.64. The van der Waals surface area contributed by atoms with Gasteiger partial charge < -0.3 is 15.6 Å². The summed E-state index contributed by atoms with van der Waals surface area (Å²) >= 11 is 0. The maximum absolute atomic E-state index is 3.43. The number of aromatic nitrogens is 1. The molecule has 0 bridgehead atoms. The van der Waals surface area contributed by atoms with E-state index in [1.807, 2.05) is 14.1 Å². The first-order valence-electron chi connectivity index (χ1n) is 5.39. The quantitative estimate of drug-likeness (QED) is 0.683. The molecule has 0 spiro atoms. The molecule has 78 valence electrons. The van der Waals surface area contributed by atoms with Crippen molar-refractivity contribution in [2.24, 2.45) is 0 Å². The summed E-state index contributed by atoms with van der Waals surface area (Å²) in [4.78, 5) is 3.43. The number of aromatic amines is 1. The maximum Gasteiger partial charge on any atom is 0.103 e. The van der Waals surface area contributed by atoms with Crippen molar-refractivity contribution >= 4 is 5.82 Å². The van der Waals surface area contributed by atoms with Crippen molar-refractivity contribution < 1.29 is 0 Å². The minimum Gasteiger partial charge on any atom is -0.375 e. The van der Waals surface area contributed by atoms with Crippen LogP contribution in [0.5, 0.6) is 0 Å². The Labute approximate surface area is 85.3 Å². The predicted molar refractivity (Wildman–Crippen MR) is 59.9 cm³/mol. The molecule has 3 nitrogen and oxygen atoms in total. The molecule has 3 heteroatoms. The molecule has 1 aromatic rings. The molecule has 1 aliphatic carbocycles. The normalized spacial score (nSPS) is 20.6. The molecular formula is C11H19N3. The first-order valence-corrected chi connectivity index (χ1v) is 5.39. The number of likely N-dealkylation sites (N-methyl/N-ethyl adjacent to an activating group) is 1. The van der Waals surface area contributed by atoms with Gasteiger partial charge in [-0.25, -0.2) is 0 Å². The molecule has 1 aliphatic rings. The van der Waals surface area contributed by atoms with Crippen LogP contribution in [0.4, 0.5) is 5.82 Å². The molecule has 0 amide bonds. The number of aryl methyl sites for hydroxylation is 1. The molecule has 0 saturated heterocycles. The second kappa shape index (κ2) is 4.05. The largest absolute Gasteiger partial charge is 0.375 e. The van der Waals surface area contributed by atoms with E-state index in [0.29, 0.717) is 5.92 Å². The van der Waals surface area contributed by atoms with Crippen LogP contribution in [-0.2, 0) is 6.42 Å². The van der Waals surface area contributed by atoms with E-state index in [0.717, 1.165) is 12.4 Å². The minimum absolute atomic E-state index is 0.696. The van der Waals surface area contributed by atoms with E-state index >= 15 is 0 Å². The van der Waals surface area contributed by atoms with Crippen LogP contribution in [0.2, 0.25) is 0 Å². The highest BCUT2D eigenvalue weighted by atomic mass is 15.0. The van der Waals surface area contributed by atoms with E-state index in [-0.39, 0.29) is 0 Å². The lowest BCUT2D eigenvalue weighted by Gasteiger charge is -2.21. The Morgan fingerprint density at radius 2 is 2.36 bits per heavy atom. The van der Waals surface area contributed by atoms with Crippen LogP contribution >= 0.6 is 0 Å². The Morgan fingerprint density at radius 1 is 1.50 bits per heavy atom. The lowest BCUT2D eigenvalue weighted by atomic mass is 9.87. The number of H-pyrrole nitrogens is 1. The number of hydrogen-bond acceptors (Lipinski definition) is 2. The zero-order valence-corrected chi connectivity index (χ0v) is 8.98. The maximum atomic E-state index is 3.43. The Hall–Kier alpha value is -0.960. The van der Waals surface area contributed by atoms with Crippen molar-refractivity contribution in [3.8, 4) is 0 Å². The average Bonchev–Trinajstić information content (AvgIpc) is 2.62. The second-order valence-corrected chi connectivity index (χ2v) is 4.01. The van der Waals surface area contributed by atoms with Gasteiger partial charge in [-0.1, -0.05) is 0 Å². The topological polar surface area (TPSA) is 39.9 Å². The van der Waals surface area contributed by atoms with Crippen LogP contribution in [0.15, 0.2) is 6.07 Å². The van der Waals surface area contributed by atoms with E-state index in [9.17, 15) is 0 Å². The lowest BCUT2D eigenvalue weighted by Crippen LogP contribution is -2.20. The van der Waals surface area contributed by atoms with Crippen molar-refractivity contribution in [2.75, 3.05) is 26.0 Å². The fraction of sp³-hybridized carbons (Fsp3) is 0.636. The van der Waals surface area contributed by atoms with Crippen LogP contribution in [0.3, 0.4) is 0 Å². The summed E-state index contributed by atoms with van der Waals surface area (Å²) in [6.45, 7) is 1.09. The number of anilines is 1. The highest BCUT2D eigenvalue weighted by molar-refractivity contribution is 5.45. The fourth-order valence-corrected chi connectivity index (χ4v) is 2.36. The molecule has 1 heterocycles. The highest BCUT2D eigenvalue weighted by Gasteiger charge is 2.21. The zero-order chi connectivity index (χ0) is 9.97. The predicted octanol–water partition coefficient (Wildman–Crippen LogP) is 1.70. The van der Waals surface area contributed by atoms with Crippen LogP contribution < -0.4 is 10.6 Å². The van der Waals surface area contributed by atoms with Gasteiger partial charge in [-0.2, -0.15) is 0 Å². The smallest absolute Gasteiger partial charge is 0.103 e. The third-order valence-electron chi connectivity index (χ3n) is 3.07. The van der Waals surface area contributed by atoms with Crippen LogP contribution in [0.1, 0.15) is 30.0 Å². The van der Waals surface area contributed by atoms with E-state index in [1.54, 1.807) is 0 Å². The van der Waals surface area contributed by atoms with E-state index < -0.39 is 0 Å². The first-order chi connectivity index (χ1) is 6.85. The average molecular weight is 193 g/mol. The molecule has 0 aliphatic heterocycles. The van der Waals surface area contributed by atoms with Gasteiger partial charge >= 0.3 is 0 Å². The molecule has 2 rings (SSSR count). The molecule has 1 aromatic heterocycles. The van der Waals surface area contributed by atoms with Gasteiger partial charge in [0.25, 0.3) is 0 Å². The lowest BCUT2D eigenvalue weighted by molar-refractivity contribution is 0.526. The summed E-state index contributed by atoms with van der Waals surface area (Å²) in [5, 5.41) is 6.44. The summed E-state index contributed by atoms with van der Waals surface area (Å²) in [5.41, 5.74) is 2.94. The molecule has 0 fully saturated rings. The standard InChI is InChI=1S/C11H19N3/c1-12-7-8-4-3-5-10-9(8)6-11(13-2)14-10/h6,8,12-14H,3-5,7H2,1-2H3. The van der Waals surface area contributed by atoms with Gasteiger partial charge in [0.1, 0.15) is 5.82 Å². The second-order valence-electron chi connectivity index (χ2n) is 4.01. The number of rotatable bonds is 3. The van der Waals surface area contributed by atoms with Gasteiger partial charge in [-0.05, 0) is 43.9 Å². The summed E-state index contributed by atoms with van der Waals surface area (Å²) < 4.78 is 0. The van der Waals surface area contributed by atoms with Gasteiger partial charge in [-0.3, -0.25) is 0 Å². The zero-order valence-electron chi connectivity index (χ0n) is 8.98. The summed E-state index contributed by atoms with van der Waals surface area (Å²) in [7, 11) is 3.99. The molecule has 3 N–H and O–H groups in total. The molecular weight excluding hydrogens is 174 g/mol. The SMILES string of the molecule is CNCC1CCCc2[nH]c(NC)cc21. The van der Waals surface area contributed by atoms with Gasteiger partial charge in [-0.15, -0.1) is 0 Å². The van der Waals surface area contributed by atoms with Crippen molar-refractivity contribution in [3.05, 3.63) is 17.3 Å². The Kier molecular flexibility index (Phi) is 2.77. The van der Waals surface area contributed by atoms with Crippen molar-refractivity contribution in [3.63, 3.8) is 0 Å². The van der Waals surface area contributed by atoms with Crippen LogP contribution in [0.25, 0.3) is 0 Å². The summed E-state index contributed by atoms with van der Waals surface area (Å²) in [6.07, 6.45) is 3.83. The number of nitrogens with one attached hydrogen (secondary N) is 3. The molecule has 0 saturated carbocycles. The summed E-state index contributed by atoms with van der Waals surface area (Å²) in [5.74, 6) is 1.85. The molecule has 14 heavy (non-hydrogen) atoms. The van der Waals surface area contributed by atoms with E-state index in [1.165, 1.54) is 30.5 Å². The van der Waals surface area contributed by atoms with Crippen LogP contribution in [0, 0.1) is 0 Å². The van der Waals surface area contributed by atoms with Crippen LogP contribution in [-0.4, -0.2) is 25.6 Å². The molecule has 1 atom stereocenters. The van der Waals surface area contributed by atoms with Gasteiger partial charge in [0, 0.05) is 19.3 Å². The Morgan fingerprint density at radius 3 is 3.07 bits per heavy atom. The van der Waals surface area contributed by atoms with Gasteiger partial charge in [0.05, 0.1) is 0 Å². The van der Waals surface area contributed by atoms with E-state index in [2.05, 4.69) is 21.7 Å². The summed E-state index contributed by atoms with van der Waals surface area (Å²) in [6, 6.07) is 2.26. The Bertz CT molecular complexity index is 303. The van der Waals surface area contributed by atoms with E-state index in [4.69, 9.17) is 0 Å².